The highest BCUT2D eigenvalue weighted by Gasteiger charge is 2.45. The molecular formula is C25H37N7O. The molecule has 5 rings (SSSR count). The Morgan fingerprint density at radius 3 is 2.76 bits per heavy atom. The summed E-state index contributed by atoms with van der Waals surface area (Å²) in [6.45, 7) is 8.51. The maximum Gasteiger partial charge on any atom is 0.233 e. The standard InChI is InChI=1S/C25H37N7O/c1-19-4-2-13-31(19)22-7-15-30(18-22)21-5-6-23(20(16-21)17-28-29-26)32-14-3-8-25(24(32)33)9-11-27-12-10-25/h5-6,16,19,22,27H,2-4,7-15,17-18H2,1H3/t19-,22-/m0/s1. The summed E-state index contributed by atoms with van der Waals surface area (Å²) in [5.41, 5.74) is 11.8. The van der Waals surface area contributed by atoms with E-state index in [1.165, 1.54) is 31.5 Å². The highest BCUT2D eigenvalue weighted by molar-refractivity contribution is 5.99. The Balaban J connectivity index is 1.38. The van der Waals surface area contributed by atoms with Gasteiger partial charge < -0.3 is 15.1 Å². The molecule has 0 saturated carbocycles. The molecule has 1 aromatic carbocycles. The van der Waals surface area contributed by atoms with Gasteiger partial charge in [0.05, 0.1) is 12.0 Å². The predicted molar refractivity (Wildman–Crippen MR) is 131 cm³/mol. The molecule has 4 fully saturated rings. The first-order chi connectivity index (χ1) is 16.1. The zero-order valence-electron chi connectivity index (χ0n) is 19.9. The first-order valence-corrected chi connectivity index (χ1v) is 12.8. The van der Waals surface area contributed by atoms with E-state index in [0.29, 0.717) is 12.1 Å². The Hall–Kier alpha value is -2.28. The Morgan fingerprint density at radius 1 is 1.15 bits per heavy atom. The van der Waals surface area contributed by atoms with E-state index >= 15 is 0 Å². The lowest BCUT2D eigenvalue weighted by molar-refractivity contribution is -0.132. The maximum absolute atomic E-state index is 13.7. The molecule has 4 saturated heterocycles. The van der Waals surface area contributed by atoms with Crippen LogP contribution in [0.1, 0.15) is 57.4 Å². The van der Waals surface area contributed by atoms with Gasteiger partial charge in [-0.25, -0.2) is 0 Å². The molecule has 0 bridgehead atoms. The zero-order chi connectivity index (χ0) is 22.8. The SMILES string of the molecule is C[C@H]1CCCN1[C@H]1CCN(c2ccc(N3CCCC4(CCNCC4)C3=O)c(CN=[N+]=[N-])c2)C1. The number of amides is 1. The maximum atomic E-state index is 13.7. The van der Waals surface area contributed by atoms with Crippen molar-refractivity contribution in [1.29, 1.82) is 0 Å². The van der Waals surface area contributed by atoms with Crippen LogP contribution in [0.3, 0.4) is 0 Å². The summed E-state index contributed by atoms with van der Waals surface area (Å²) >= 11 is 0. The third-order valence-corrected chi connectivity index (χ3v) is 8.56. The molecule has 4 heterocycles. The van der Waals surface area contributed by atoms with Crippen LogP contribution in [0.25, 0.3) is 10.4 Å². The molecule has 4 aliphatic rings. The van der Waals surface area contributed by atoms with Crippen molar-refractivity contribution in [3.05, 3.63) is 34.2 Å². The van der Waals surface area contributed by atoms with Crippen molar-refractivity contribution in [2.75, 3.05) is 49.1 Å². The smallest absolute Gasteiger partial charge is 0.233 e. The van der Waals surface area contributed by atoms with E-state index in [-0.39, 0.29) is 17.9 Å². The summed E-state index contributed by atoms with van der Waals surface area (Å²) in [4.78, 5) is 23.8. The average molecular weight is 452 g/mol. The molecule has 8 nitrogen and oxygen atoms in total. The number of hydrogen-bond donors (Lipinski definition) is 1. The lowest BCUT2D eigenvalue weighted by Gasteiger charge is -2.44. The van der Waals surface area contributed by atoms with Crippen molar-refractivity contribution >= 4 is 17.3 Å². The number of rotatable bonds is 5. The molecule has 0 radical (unpaired) electrons. The molecule has 1 aromatic rings. The van der Waals surface area contributed by atoms with Gasteiger partial charge in [-0.15, -0.1) is 0 Å². The zero-order valence-corrected chi connectivity index (χ0v) is 19.9. The largest absolute Gasteiger partial charge is 0.370 e. The van der Waals surface area contributed by atoms with E-state index in [2.05, 4.69) is 50.3 Å². The molecule has 1 N–H and O–H groups in total. The van der Waals surface area contributed by atoms with Gasteiger partial charge in [0, 0.05) is 48.0 Å². The number of likely N-dealkylation sites (tertiary alicyclic amines) is 1. The molecule has 4 aliphatic heterocycles. The molecule has 2 atom stereocenters. The van der Waals surface area contributed by atoms with Crippen molar-refractivity contribution < 1.29 is 4.79 Å². The Labute approximate surface area is 196 Å². The molecule has 178 valence electrons. The molecule has 0 aromatic heterocycles. The van der Waals surface area contributed by atoms with E-state index in [1.54, 1.807) is 0 Å². The van der Waals surface area contributed by atoms with Crippen LogP contribution in [0.5, 0.6) is 0 Å². The number of nitrogens with one attached hydrogen (secondary N) is 1. The number of azide groups is 1. The summed E-state index contributed by atoms with van der Waals surface area (Å²) in [7, 11) is 0. The molecule has 8 heteroatoms. The Morgan fingerprint density at radius 2 is 2.00 bits per heavy atom. The van der Waals surface area contributed by atoms with E-state index in [4.69, 9.17) is 5.53 Å². The van der Waals surface area contributed by atoms with Crippen molar-refractivity contribution in [2.24, 2.45) is 10.5 Å². The predicted octanol–water partition coefficient (Wildman–Crippen LogP) is 4.06. The van der Waals surface area contributed by atoms with E-state index < -0.39 is 0 Å². The van der Waals surface area contributed by atoms with Gasteiger partial charge in [-0.1, -0.05) is 5.11 Å². The first kappa shape index (κ1) is 22.5. The minimum Gasteiger partial charge on any atom is -0.370 e. The minimum absolute atomic E-state index is 0.230. The van der Waals surface area contributed by atoms with Gasteiger partial charge in [-0.3, -0.25) is 9.69 Å². The highest BCUT2D eigenvalue weighted by Crippen LogP contribution is 2.42. The fraction of sp³-hybridized carbons (Fsp3) is 0.720. The number of benzene rings is 1. The van der Waals surface area contributed by atoms with Crippen molar-refractivity contribution in [3.63, 3.8) is 0 Å². The third-order valence-electron chi connectivity index (χ3n) is 8.56. The molecule has 1 amide bonds. The Kier molecular flexibility index (Phi) is 6.50. The second-order valence-electron chi connectivity index (χ2n) is 10.4. The van der Waals surface area contributed by atoms with E-state index in [1.807, 2.05) is 4.90 Å². The van der Waals surface area contributed by atoms with Crippen LogP contribution < -0.4 is 15.1 Å². The molecule has 0 unspecified atom stereocenters. The molecule has 33 heavy (non-hydrogen) atoms. The van der Waals surface area contributed by atoms with Crippen LogP contribution >= 0.6 is 0 Å². The fourth-order valence-corrected chi connectivity index (χ4v) is 6.68. The van der Waals surface area contributed by atoms with Crippen molar-refractivity contribution in [3.8, 4) is 0 Å². The molecule has 0 aliphatic carbocycles. The van der Waals surface area contributed by atoms with Gasteiger partial charge in [-0.05, 0) is 101 Å². The number of piperidine rings is 2. The summed E-state index contributed by atoms with van der Waals surface area (Å²) in [5.74, 6) is 0.259. The van der Waals surface area contributed by atoms with Crippen molar-refractivity contribution in [1.82, 2.24) is 10.2 Å². The number of nitrogens with zero attached hydrogens (tertiary/aromatic N) is 6. The van der Waals surface area contributed by atoms with Gasteiger partial charge in [0.25, 0.3) is 0 Å². The summed E-state index contributed by atoms with van der Waals surface area (Å²) in [6.07, 6.45) is 7.65. The molecule has 1 spiro atoms. The van der Waals surface area contributed by atoms with E-state index in [0.717, 1.165) is 69.7 Å². The second kappa shape index (κ2) is 9.53. The monoisotopic (exact) mass is 451 g/mol. The van der Waals surface area contributed by atoms with Crippen LogP contribution in [0, 0.1) is 5.41 Å². The number of carbonyl (C=O) groups is 1. The number of anilines is 2. The van der Waals surface area contributed by atoms with Gasteiger partial charge in [0.15, 0.2) is 0 Å². The van der Waals surface area contributed by atoms with Gasteiger partial charge in [-0.2, -0.15) is 0 Å². The topological polar surface area (TPSA) is 87.6 Å². The summed E-state index contributed by atoms with van der Waals surface area (Å²) in [6, 6.07) is 7.73. The van der Waals surface area contributed by atoms with Crippen LogP contribution in [-0.2, 0) is 11.3 Å². The Bertz CT molecular complexity index is 916. The quantitative estimate of drug-likeness (QED) is 0.415. The fourth-order valence-electron chi connectivity index (χ4n) is 6.68. The van der Waals surface area contributed by atoms with Crippen molar-refractivity contribution in [2.45, 2.75) is 70.5 Å². The summed E-state index contributed by atoms with van der Waals surface area (Å²) in [5, 5.41) is 7.29. The average Bonchev–Trinajstić information content (AvgIpc) is 3.49. The van der Waals surface area contributed by atoms with Crippen LogP contribution in [-0.4, -0.2) is 62.2 Å². The minimum atomic E-state index is -0.230. The summed E-state index contributed by atoms with van der Waals surface area (Å²) < 4.78 is 0. The van der Waals surface area contributed by atoms with E-state index in [9.17, 15) is 4.79 Å². The number of hydrogen-bond acceptors (Lipinski definition) is 5. The van der Waals surface area contributed by atoms with Crippen LogP contribution in [0.4, 0.5) is 11.4 Å². The first-order valence-electron chi connectivity index (χ1n) is 12.8. The third kappa shape index (κ3) is 4.32. The van der Waals surface area contributed by atoms with Crippen LogP contribution in [0.15, 0.2) is 23.3 Å². The number of carbonyl (C=O) groups excluding carboxylic acids is 1. The molecular weight excluding hydrogens is 414 g/mol. The van der Waals surface area contributed by atoms with Crippen LogP contribution in [0.2, 0.25) is 0 Å². The lowest BCUT2D eigenvalue weighted by Crippen LogP contribution is -2.53. The second-order valence-corrected chi connectivity index (χ2v) is 10.4. The van der Waals surface area contributed by atoms with Gasteiger partial charge in [0.2, 0.25) is 5.91 Å². The highest BCUT2D eigenvalue weighted by atomic mass is 16.2. The normalized spacial score (nSPS) is 27.8. The van der Waals surface area contributed by atoms with Gasteiger partial charge in [0.1, 0.15) is 0 Å². The van der Waals surface area contributed by atoms with Gasteiger partial charge >= 0.3 is 0 Å². The lowest BCUT2D eigenvalue weighted by atomic mass is 9.72.